The Morgan fingerprint density at radius 2 is 1.19 bits per heavy atom. The van der Waals surface area contributed by atoms with Gasteiger partial charge in [-0.05, 0) is 32.4 Å². The number of nitrogens with one attached hydrogen (secondary N) is 1. The Kier molecular flexibility index (Phi) is 16.6. The van der Waals surface area contributed by atoms with Crippen LogP contribution in [0.1, 0.15) is 84.0 Å². The molecule has 0 aliphatic rings. The summed E-state index contributed by atoms with van der Waals surface area (Å²) in [6.45, 7) is 5.43. The van der Waals surface area contributed by atoms with Gasteiger partial charge in [-0.1, -0.05) is 64.7 Å². The summed E-state index contributed by atoms with van der Waals surface area (Å²) in [6.07, 6.45) is 15.9. The number of guanidine groups is 1. The maximum atomic E-state index is 5.27. The number of nitrogens with zero attached hydrogens (tertiary/aromatic N) is 1. The fourth-order valence-electron chi connectivity index (χ4n) is 2.43. The number of aliphatic imine (C=N–C) groups is 1. The molecule has 0 aromatic heterocycles. The van der Waals surface area contributed by atoms with Crippen molar-refractivity contribution in [3.05, 3.63) is 0 Å². The van der Waals surface area contributed by atoms with Gasteiger partial charge in [0.25, 0.3) is 0 Å². The summed E-state index contributed by atoms with van der Waals surface area (Å²) < 4.78 is 0. The molecule has 0 spiro atoms. The van der Waals surface area contributed by atoms with E-state index in [-0.39, 0.29) is 5.96 Å². The minimum Gasteiger partial charge on any atom is -0.370 e. The second-order valence-electron chi connectivity index (χ2n) is 5.95. The summed E-state index contributed by atoms with van der Waals surface area (Å²) in [5, 5.41) is 3.55. The van der Waals surface area contributed by atoms with E-state index in [9.17, 15) is 0 Å². The first-order valence-corrected chi connectivity index (χ1v) is 9.03. The molecule has 0 aromatic rings. The average Bonchev–Trinajstić information content (AvgIpc) is 2.46. The van der Waals surface area contributed by atoms with Gasteiger partial charge in [-0.3, -0.25) is 4.99 Å². The van der Waals surface area contributed by atoms with Gasteiger partial charge >= 0.3 is 0 Å². The van der Waals surface area contributed by atoms with Crippen LogP contribution in [-0.2, 0) is 0 Å². The van der Waals surface area contributed by atoms with Gasteiger partial charge in [0.15, 0.2) is 5.96 Å². The van der Waals surface area contributed by atoms with Gasteiger partial charge in [0, 0.05) is 6.54 Å². The van der Waals surface area contributed by atoms with E-state index in [0.29, 0.717) is 0 Å². The molecular formula is C17H38N4. The zero-order valence-electron chi connectivity index (χ0n) is 14.2. The standard InChI is InChI=1S/C17H38N4/c1-2-3-4-5-8-11-14-20-15-12-9-6-7-10-13-16-21-17(18)19/h20H,2-16H2,1H3,(H4,18,19,21). The predicted molar refractivity (Wildman–Crippen MR) is 94.6 cm³/mol. The molecule has 0 fully saturated rings. The lowest BCUT2D eigenvalue weighted by atomic mass is 10.1. The molecule has 0 bridgehead atoms. The Balaban J connectivity index is 2.98. The molecule has 4 heteroatoms. The van der Waals surface area contributed by atoms with Gasteiger partial charge in [0.05, 0.1) is 0 Å². The van der Waals surface area contributed by atoms with Crippen molar-refractivity contribution in [3.8, 4) is 0 Å². The molecule has 0 amide bonds. The Labute approximate surface area is 132 Å². The van der Waals surface area contributed by atoms with Crippen LogP contribution in [0, 0.1) is 0 Å². The monoisotopic (exact) mass is 298 g/mol. The molecule has 0 saturated heterocycles. The van der Waals surface area contributed by atoms with Crippen molar-refractivity contribution < 1.29 is 0 Å². The third-order valence-corrected chi connectivity index (χ3v) is 3.76. The first-order valence-electron chi connectivity index (χ1n) is 9.03. The first-order chi connectivity index (χ1) is 10.3. The molecular weight excluding hydrogens is 260 g/mol. The fraction of sp³-hybridized carbons (Fsp3) is 0.941. The Morgan fingerprint density at radius 3 is 1.71 bits per heavy atom. The van der Waals surface area contributed by atoms with Crippen LogP contribution in [0.15, 0.2) is 4.99 Å². The summed E-state index contributed by atoms with van der Waals surface area (Å²) in [4.78, 5) is 3.99. The van der Waals surface area contributed by atoms with Crippen LogP contribution in [0.2, 0.25) is 0 Å². The van der Waals surface area contributed by atoms with Gasteiger partial charge in [0.1, 0.15) is 0 Å². The maximum Gasteiger partial charge on any atom is 0.185 e. The molecule has 0 aromatic carbocycles. The van der Waals surface area contributed by atoms with Gasteiger partial charge in [0.2, 0.25) is 0 Å². The minimum atomic E-state index is 0.214. The van der Waals surface area contributed by atoms with Gasteiger partial charge in [-0.15, -0.1) is 0 Å². The van der Waals surface area contributed by atoms with E-state index in [1.165, 1.54) is 83.7 Å². The summed E-state index contributed by atoms with van der Waals surface area (Å²) >= 11 is 0. The first kappa shape index (κ1) is 20.2. The Bertz CT molecular complexity index is 225. The molecule has 0 atom stereocenters. The molecule has 0 radical (unpaired) electrons. The summed E-state index contributed by atoms with van der Waals surface area (Å²) in [5.74, 6) is 0.214. The van der Waals surface area contributed by atoms with Gasteiger partial charge in [-0.2, -0.15) is 0 Å². The highest BCUT2D eigenvalue weighted by Gasteiger charge is 1.93. The van der Waals surface area contributed by atoms with Crippen molar-refractivity contribution in [2.24, 2.45) is 16.5 Å². The summed E-state index contributed by atoms with van der Waals surface area (Å²) in [7, 11) is 0. The lowest BCUT2D eigenvalue weighted by Crippen LogP contribution is -2.22. The lowest BCUT2D eigenvalue weighted by molar-refractivity contribution is 0.542. The molecule has 21 heavy (non-hydrogen) atoms. The van der Waals surface area contributed by atoms with Crippen molar-refractivity contribution in [3.63, 3.8) is 0 Å². The molecule has 0 rings (SSSR count). The second kappa shape index (κ2) is 17.3. The number of hydrogen-bond acceptors (Lipinski definition) is 2. The zero-order chi connectivity index (χ0) is 15.6. The SMILES string of the molecule is CCCCCCCCNCCCCCCCCN=C(N)N. The Hall–Kier alpha value is -0.770. The van der Waals surface area contributed by atoms with E-state index in [1.54, 1.807) is 0 Å². The molecule has 4 nitrogen and oxygen atoms in total. The fourth-order valence-corrected chi connectivity index (χ4v) is 2.43. The highest BCUT2D eigenvalue weighted by atomic mass is 15.0. The van der Waals surface area contributed by atoms with Crippen LogP contribution in [0.3, 0.4) is 0 Å². The molecule has 0 aliphatic carbocycles. The smallest absolute Gasteiger partial charge is 0.185 e. The normalized spacial score (nSPS) is 10.7. The molecule has 0 heterocycles. The van der Waals surface area contributed by atoms with E-state index >= 15 is 0 Å². The van der Waals surface area contributed by atoms with Crippen LogP contribution >= 0.6 is 0 Å². The van der Waals surface area contributed by atoms with E-state index in [4.69, 9.17) is 11.5 Å². The topological polar surface area (TPSA) is 76.4 Å². The van der Waals surface area contributed by atoms with Crippen molar-refractivity contribution >= 4 is 5.96 Å². The van der Waals surface area contributed by atoms with Crippen LogP contribution in [0.4, 0.5) is 0 Å². The summed E-state index contributed by atoms with van der Waals surface area (Å²) in [6, 6.07) is 0. The van der Waals surface area contributed by atoms with E-state index in [1.807, 2.05) is 0 Å². The second-order valence-corrected chi connectivity index (χ2v) is 5.95. The average molecular weight is 299 g/mol. The van der Waals surface area contributed by atoms with Crippen LogP contribution in [0.5, 0.6) is 0 Å². The zero-order valence-corrected chi connectivity index (χ0v) is 14.2. The maximum absolute atomic E-state index is 5.27. The van der Waals surface area contributed by atoms with Crippen LogP contribution in [0.25, 0.3) is 0 Å². The lowest BCUT2D eigenvalue weighted by Gasteiger charge is -2.05. The Morgan fingerprint density at radius 1 is 0.714 bits per heavy atom. The van der Waals surface area contributed by atoms with E-state index in [0.717, 1.165) is 13.0 Å². The molecule has 5 N–H and O–H groups in total. The number of unbranched alkanes of at least 4 members (excludes halogenated alkanes) is 10. The molecule has 0 aliphatic heterocycles. The quantitative estimate of drug-likeness (QED) is 0.232. The van der Waals surface area contributed by atoms with Crippen molar-refractivity contribution in [1.82, 2.24) is 5.32 Å². The largest absolute Gasteiger partial charge is 0.370 e. The van der Waals surface area contributed by atoms with E-state index < -0.39 is 0 Å². The third kappa shape index (κ3) is 19.2. The molecule has 126 valence electrons. The molecule has 0 unspecified atom stereocenters. The van der Waals surface area contributed by atoms with Crippen LogP contribution in [-0.4, -0.2) is 25.6 Å². The van der Waals surface area contributed by atoms with Crippen LogP contribution < -0.4 is 16.8 Å². The molecule has 0 saturated carbocycles. The number of nitrogens with two attached hydrogens (primary N) is 2. The highest BCUT2D eigenvalue weighted by Crippen LogP contribution is 2.06. The van der Waals surface area contributed by atoms with Crippen molar-refractivity contribution in [1.29, 1.82) is 0 Å². The summed E-state index contributed by atoms with van der Waals surface area (Å²) in [5.41, 5.74) is 10.5. The van der Waals surface area contributed by atoms with Gasteiger partial charge < -0.3 is 16.8 Å². The van der Waals surface area contributed by atoms with Gasteiger partial charge in [-0.25, -0.2) is 0 Å². The predicted octanol–water partition coefficient (Wildman–Crippen LogP) is 3.55. The minimum absolute atomic E-state index is 0.214. The van der Waals surface area contributed by atoms with E-state index in [2.05, 4.69) is 17.2 Å². The third-order valence-electron chi connectivity index (χ3n) is 3.76. The number of rotatable bonds is 16. The number of hydrogen-bond donors (Lipinski definition) is 3. The van der Waals surface area contributed by atoms with Crippen molar-refractivity contribution in [2.45, 2.75) is 84.0 Å². The van der Waals surface area contributed by atoms with Crippen molar-refractivity contribution in [2.75, 3.05) is 19.6 Å². The highest BCUT2D eigenvalue weighted by molar-refractivity contribution is 5.75.